The quantitative estimate of drug-likeness (QED) is 0.391. The van der Waals surface area contributed by atoms with E-state index in [0.717, 1.165) is 0 Å². The number of nitrogen functional groups attached to an aromatic ring is 1. The van der Waals surface area contributed by atoms with Crippen molar-refractivity contribution in [3.8, 4) is 0 Å². The van der Waals surface area contributed by atoms with E-state index in [4.69, 9.17) is 10.5 Å². The normalized spacial score (nSPS) is 11.9. The number of ether oxygens (including phenoxy) is 1. The second-order valence-electron chi connectivity index (χ2n) is 6.44. The minimum Gasteiger partial charge on any atom is -0.381 e. The highest BCUT2D eigenvalue weighted by molar-refractivity contribution is 7.91. The highest BCUT2D eigenvalue weighted by atomic mass is 32.2. The van der Waals surface area contributed by atoms with E-state index in [9.17, 15) is 13.2 Å². The lowest BCUT2D eigenvalue weighted by Crippen LogP contribution is -2.43. The smallest absolute Gasteiger partial charge is 0.278 e. The van der Waals surface area contributed by atoms with Gasteiger partial charge in [-0.1, -0.05) is 29.2 Å². The van der Waals surface area contributed by atoms with Crippen LogP contribution in [0, 0.1) is 0 Å². The van der Waals surface area contributed by atoms with Crippen molar-refractivity contribution >= 4 is 32.3 Å². The number of fused-ring (bicyclic) bond motifs is 2. The molecule has 0 spiro atoms. The molecule has 148 valence electrons. The highest BCUT2D eigenvalue weighted by Crippen LogP contribution is 2.26. The van der Waals surface area contributed by atoms with Gasteiger partial charge in [-0.3, -0.25) is 9.20 Å². The Balaban J connectivity index is 2.11. The van der Waals surface area contributed by atoms with Crippen molar-refractivity contribution in [3.63, 3.8) is 0 Å². The standard InChI is InChI=1S/C20H18N4O4S/c1-28-12-11-24-18(21)16(29(26,27)14-7-3-2-4-8-14)13-15-19(24)22-17-9-5-6-10-23(17)20(15)25/h2-10,13,21H,11-12H2,1H3/p+1. The van der Waals surface area contributed by atoms with Gasteiger partial charge >= 0.3 is 0 Å². The van der Waals surface area contributed by atoms with Gasteiger partial charge in [0.05, 0.1) is 18.0 Å². The first-order valence-electron chi connectivity index (χ1n) is 8.87. The van der Waals surface area contributed by atoms with E-state index in [1.54, 1.807) is 42.6 Å². The van der Waals surface area contributed by atoms with Crippen molar-refractivity contribution in [2.45, 2.75) is 16.3 Å². The molecular weight excluding hydrogens is 392 g/mol. The average Bonchev–Trinajstić information content (AvgIpc) is 2.74. The molecule has 0 bridgehead atoms. The number of anilines is 1. The summed E-state index contributed by atoms with van der Waals surface area (Å²) >= 11 is 0. The molecule has 9 heteroatoms. The molecule has 0 amide bonds. The minimum absolute atomic E-state index is 0.00517. The molecule has 0 fully saturated rings. The van der Waals surface area contributed by atoms with Crippen molar-refractivity contribution in [1.82, 2.24) is 9.38 Å². The van der Waals surface area contributed by atoms with Gasteiger partial charge in [0.1, 0.15) is 10.3 Å². The van der Waals surface area contributed by atoms with E-state index in [0.29, 0.717) is 11.3 Å². The summed E-state index contributed by atoms with van der Waals surface area (Å²) < 4.78 is 34.5. The Morgan fingerprint density at radius 1 is 1.14 bits per heavy atom. The number of methoxy groups -OCH3 is 1. The third-order valence-corrected chi connectivity index (χ3v) is 6.48. The molecule has 8 nitrogen and oxygen atoms in total. The van der Waals surface area contributed by atoms with E-state index in [1.165, 1.54) is 34.3 Å². The van der Waals surface area contributed by atoms with Gasteiger partial charge in [-0.25, -0.2) is 13.0 Å². The zero-order chi connectivity index (χ0) is 20.6. The van der Waals surface area contributed by atoms with Gasteiger partial charge in [0.15, 0.2) is 0 Å². The van der Waals surface area contributed by atoms with E-state index < -0.39 is 9.84 Å². The second-order valence-corrected chi connectivity index (χ2v) is 8.36. The van der Waals surface area contributed by atoms with Crippen LogP contribution in [0.5, 0.6) is 0 Å². The molecule has 1 aromatic carbocycles. The Kier molecular flexibility index (Phi) is 4.77. The van der Waals surface area contributed by atoms with Gasteiger partial charge in [0.2, 0.25) is 21.3 Å². The number of benzene rings is 1. The Morgan fingerprint density at radius 3 is 2.59 bits per heavy atom. The molecule has 0 saturated carbocycles. The van der Waals surface area contributed by atoms with Crippen LogP contribution in [0.25, 0.3) is 16.7 Å². The third kappa shape index (κ3) is 3.14. The fourth-order valence-electron chi connectivity index (χ4n) is 3.23. The summed E-state index contributed by atoms with van der Waals surface area (Å²) in [5, 5.41) is 0.161. The first kappa shape index (κ1) is 19.0. The molecule has 2 N–H and O–H groups in total. The summed E-state index contributed by atoms with van der Waals surface area (Å²) in [6.07, 6.45) is 1.59. The predicted octanol–water partition coefficient (Wildman–Crippen LogP) is 1.20. The van der Waals surface area contributed by atoms with Crippen LogP contribution in [0.15, 0.2) is 75.4 Å². The summed E-state index contributed by atoms with van der Waals surface area (Å²) in [6, 6.07) is 14.5. The Bertz CT molecular complexity index is 1380. The maximum atomic E-state index is 13.2. The molecule has 0 aliphatic carbocycles. The second kappa shape index (κ2) is 7.26. The SMILES string of the molecule is COCC[n+]1c(N)c(S(=O)(=O)c2ccccc2)cc2c(=O)n3ccccc3nc21. The van der Waals surface area contributed by atoms with Gasteiger partial charge in [-0.05, 0) is 30.3 Å². The Hall–Kier alpha value is -3.30. The maximum Gasteiger partial charge on any atom is 0.278 e. The number of sulfone groups is 1. The van der Waals surface area contributed by atoms with E-state index in [1.807, 2.05) is 0 Å². The van der Waals surface area contributed by atoms with Crippen molar-refractivity contribution in [2.75, 3.05) is 19.5 Å². The van der Waals surface area contributed by atoms with Gasteiger partial charge in [-0.2, -0.15) is 0 Å². The third-order valence-electron chi connectivity index (χ3n) is 4.69. The molecule has 0 aliphatic heterocycles. The van der Waals surface area contributed by atoms with Crippen molar-refractivity contribution < 1.29 is 17.7 Å². The van der Waals surface area contributed by atoms with Crippen LogP contribution in [-0.2, 0) is 21.1 Å². The van der Waals surface area contributed by atoms with E-state index >= 15 is 0 Å². The number of rotatable bonds is 5. The predicted molar refractivity (Wildman–Crippen MR) is 107 cm³/mol. The van der Waals surface area contributed by atoms with Crippen LogP contribution >= 0.6 is 0 Å². The van der Waals surface area contributed by atoms with Crippen LogP contribution in [0.3, 0.4) is 0 Å². The van der Waals surface area contributed by atoms with E-state index in [2.05, 4.69) is 4.98 Å². The summed E-state index contributed by atoms with van der Waals surface area (Å²) in [6.45, 7) is 0.515. The number of nitrogens with zero attached hydrogens (tertiary/aromatic N) is 3. The van der Waals surface area contributed by atoms with Crippen molar-refractivity contribution in [3.05, 3.63) is 71.1 Å². The first-order chi connectivity index (χ1) is 13.9. The summed E-state index contributed by atoms with van der Waals surface area (Å²) in [5.74, 6) is 0.00517. The van der Waals surface area contributed by atoms with Crippen molar-refractivity contribution in [2.24, 2.45) is 0 Å². The first-order valence-corrected chi connectivity index (χ1v) is 10.4. The molecule has 0 aliphatic rings. The zero-order valence-electron chi connectivity index (χ0n) is 15.6. The molecule has 3 heterocycles. The Morgan fingerprint density at radius 2 is 1.86 bits per heavy atom. The van der Waals surface area contributed by atoms with Gasteiger partial charge in [-0.15, -0.1) is 0 Å². The number of nitrogens with two attached hydrogens (primary N) is 1. The fourth-order valence-corrected chi connectivity index (χ4v) is 4.65. The number of pyridine rings is 2. The molecule has 0 saturated heterocycles. The lowest BCUT2D eigenvalue weighted by Gasteiger charge is -2.12. The van der Waals surface area contributed by atoms with E-state index in [-0.39, 0.29) is 39.7 Å². The lowest BCUT2D eigenvalue weighted by molar-refractivity contribution is -0.662. The topological polar surface area (TPSA) is 108 Å². The van der Waals surface area contributed by atoms with Crippen LogP contribution in [0.2, 0.25) is 0 Å². The summed E-state index contributed by atoms with van der Waals surface area (Å²) in [4.78, 5) is 17.6. The van der Waals surface area contributed by atoms with Crippen LogP contribution in [0.4, 0.5) is 5.82 Å². The zero-order valence-corrected chi connectivity index (χ0v) is 16.5. The highest BCUT2D eigenvalue weighted by Gasteiger charge is 2.29. The van der Waals surface area contributed by atoms with Crippen LogP contribution < -0.4 is 15.9 Å². The monoisotopic (exact) mass is 411 g/mol. The number of hydrogen-bond acceptors (Lipinski definition) is 6. The molecule has 3 aromatic heterocycles. The fraction of sp³-hybridized carbons (Fsp3) is 0.150. The average molecular weight is 411 g/mol. The molecule has 4 rings (SSSR count). The maximum absolute atomic E-state index is 13.2. The summed E-state index contributed by atoms with van der Waals surface area (Å²) in [5.41, 5.74) is 6.66. The molecule has 0 atom stereocenters. The Labute approximate surface area is 166 Å². The largest absolute Gasteiger partial charge is 0.381 e. The molecule has 29 heavy (non-hydrogen) atoms. The van der Waals surface area contributed by atoms with Crippen molar-refractivity contribution in [1.29, 1.82) is 0 Å². The van der Waals surface area contributed by atoms with Crippen LogP contribution in [-0.4, -0.2) is 31.5 Å². The molecule has 0 radical (unpaired) electrons. The number of aromatic nitrogens is 3. The summed E-state index contributed by atoms with van der Waals surface area (Å²) in [7, 11) is -2.41. The number of hydrogen-bond donors (Lipinski definition) is 1. The molecular formula is C20H19N4O4S+. The molecule has 4 aromatic rings. The van der Waals surface area contributed by atoms with Gasteiger partial charge < -0.3 is 10.5 Å². The van der Waals surface area contributed by atoms with Gasteiger partial charge in [0.25, 0.3) is 11.2 Å². The van der Waals surface area contributed by atoms with Crippen LogP contribution in [0.1, 0.15) is 0 Å². The van der Waals surface area contributed by atoms with Gasteiger partial charge in [0, 0.05) is 13.3 Å². The lowest BCUT2D eigenvalue weighted by atomic mass is 10.3. The molecule has 0 unspecified atom stereocenters. The minimum atomic E-state index is -3.94.